The quantitative estimate of drug-likeness (QED) is 0.775. The Kier molecular flexibility index (Phi) is 3.51. The van der Waals surface area contributed by atoms with Crippen molar-refractivity contribution in [1.82, 2.24) is 5.32 Å². The van der Waals surface area contributed by atoms with Gasteiger partial charge >= 0.3 is 6.18 Å². The van der Waals surface area contributed by atoms with E-state index >= 15 is 0 Å². The summed E-state index contributed by atoms with van der Waals surface area (Å²) in [5, 5.41) is 12.1. The Bertz CT molecular complexity index is 500. The second kappa shape index (κ2) is 4.75. The molecule has 1 unspecified atom stereocenters. The van der Waals surface area contributed by atoms with Gasteiger partial charge in [-0.3, -0.25) is 4.79 Å². The summed E-state index contributed by atoms with van der Waals surface area (Å²) in [6.07, 6.45) is -4.03. The van der Waals surface area contributed by atoms with E-state index in [2.05, 4.69) is 5.32 Å². The van der Waals surface area contributed by atoms with Crippen molar-refractivity contribution >= 4 is 5.91 Å². The molecule has 1 fully saturated rings. The Hall–Kier alpha value is -1.60. The molecule has 4 nitrogen and oxygen atoms in total. The van der Waals surface area contributed by atoms with Crippen LogP contribution >= 0.6 is 0 Å². The maximum absolute atomic E-state index is 13.1. The molecule has 1 atom stereocenters. The lowest BCUT2D eigenvalue weighted by atomic mass is 9.93. The zero-order chi connectivity index (χ0) is 15.0. The smallest absolute Gasteiger partial charge is 0.375 e. The fraction of sp³-hybridized carbons (Fsp3) is 0.462. The minimum Gasteiger partial charge on any atom is -0.375 e. The lowest BCUT2D eigenvalue weighted by Gasteiger charge is -2.31. The number of carbonyl (C=O) groups excluding carboxylic acids is 1. The number of alkyl halides is 3. The van der Waals surface area contributed by atoms with E-state index in [1.165, 1.54) is 18.2 Å². The number of aliphatic hydroxyl groups is 1. The largest absolute Gasteiger partial charge is 0.423 e. The van der Waals surface area contributed by atoms with Gasteiger partial charge in [-0.05, 0) is 18.4 Å². The molecular weight excluding hydrogens is 273 g/mol. The van der Waals surface area contributed by atoms with Gasteiger partial charge in [-0.25, -0.2) is 0 Å². The average molecular weight is 288 g/mol. The molecule has 0 aliphatic heterocycles. The first kappa shape index (κ1) is 14.8. The fourth-order valence-electron chi connectivity index (χ4n) is 1.83. The van der Waals surface area contributed by atoms with Gasteiger partial charge in [-0.1, -0.05) is 30.3 Å². The van der Waals surface area contributed by atoms with Crippen molar-refractivity contribution in [2.75, 3.05) is 6.54 Å². The van der Waals surface area contributed by atoms with E-state index in [1.807, 2.05) is 0 Å². The monoisotopic (exact) mass is 288 g/mol. The molecule has 1 aliphatic carbocycles. The summed E-state index contributed by atoms with van der Waals surface area (Å²) in [7, 11) is 0. The Morgan fingerprint density at radius 2 is 1.85 bits per heavy atom. The topological polar surface area (TPSA) is 75.4 Å². The van der Waals surface area contributed by atoms with Gasteiger partial charge < -0.3 is 16.2 Å². The summed E-state index contributed by atoms with van der Waals surface area (Å²) >= 11 is 0. The minimum absolute atomic E-state index is 0.324. The Morgan fingerprint density at radius 1 is 1.30 bits per heavy atom. The van der Waals surface area contributed by atoms with E-state index in [-0.39, 0.29) is 5.56 Å². The zero-order valence-corrected chi connectivity index (χ0v) is 10.6. The van der Waals surface area contributed by atoms with Gasteiger partial charge in [0.25, 0.3) is 0 Å². The first-order valence-electron chi connectivity index (χ1n) is 6.11. The van der Waals surface area contributed by atoms with Crippen LogP contribution in [0.2, 0.25) is 0 Å². The van der Waals surface area contributed by atoms with Crippen LogP contribution in [0.25, 0.3) is 0 Å². The van der Waals surface area contributed by atoms with Crippen molar-refractivity contribution in [3.05, 3.63) is 35.9 Å². The number of nitrogens with one attached hydrogen (secondary N) is 1. The second-order valence-corrected chi connectivity index (χ2v) is 5.06. The van der Waals surface area contributed by atoms with Gasteiger partial charge in [0.05, 0.1) is 12.1 Å². The molecule has 0 aromatic heterocycles. The van der Waals surface area contributed by atoms with Gasteiger partial charge in [-0.15, -0.1) is 0 Å². The Morgan fingerprint density at radius 3 is 2.30 bits per heavy atom. The van der Waals surface area contributed by atoms with Crippen molar-refractivity contribution in [3.63, 3.8) is 0 Å². The maximum atomic E-state index is 13.1. The number of nitrogens with two attached hydrogens (primary N) is 1. The summed E-state index contributed by atoms with van der Waals surface area (Å²) < 4.78 is 39.4. The summed E-state index contributed by atoms with van der Waals surface area (Å²) in [5.41, 5.74) is 1.06. The van der Waals surface area contributed by atoms with Gasteiger partial charge in [-0.2, -0.15) is 13.2 Å². The van der Waals surface area contributed by atoms with Crippen LogP contribution in [0.3, 0.4) is 0 Å². The molecule has 0 bridgehead atoms. The molecule has 0 heterocycles. The average Bonchev–Trinajstić information content (AvgIpc) is 3.14. The van der Waals surface area contributed by atoms with Crippen LogP contribution in [0.1, 0.15) is 18.4 Å². The Labute approximate surface area is 113 Å². The van der Waals surface area contributed by atoms with Crippen LogP contribution in [0.4, 0.5) is 13.2 Å². The van der Waals surface area contributed by atoms with Crippen LogP contribution in [0, 0.1) is 0 Å². The van der Waals surface area contributed by atoms with Crippen molar-refractivity contribution < 1.29 is 23.1 Å². The molecule has 1 aromatic carbocycles. The molecule has 4 N–H and O–H groups in total. The van der Waals surface area contributed by atoms with Gasteiger partial charge in [0.15, 0.2) is 0 Å². The lowest BCUT2D eigenvalue weighted by molar-refractivity contribution is -0.264. The molecule has 110 valence electrons. The fourth-order valence-corrected chi connectivity index (χ4v) is 1.83. The van der Waals surface area contributed by atoms with E-state index < -0.39 is 29.8 Å². The molecule has 0 spiro atoms. The lowest BCUT2D eigenvalue weighted by Crippen LogP contribution is -2.54. The first-order chi connectivity index (χ1) is 9.19. The van der Waals surface area contributed by atoms with Crippen LogP contribution in [-0.2, 0) is 10.4 Å². The number of hydrogen-bond acceptors (Lipinski definition) is 3. The summed E-state index contributed by atoms with van der Waals surface area (Å²) in [5.74, 6) is -0.670. The van der Waals surface area contributed by atoms with E-state index in [4.69, 9.17) is 5.73 Å². The van der Waals surface area contributed by atoms with Crippen LogP contribution in [0.15, 0.2) is 30.3 Å². The van der Waals surface area contributed by atoms with Crippen LogP contribution in [-0.4, -0.2) is 29.3 Å². The second-order valence-electron chi connectivity index (χ2n) is 5.06. The SMILES string of the molecule is NC1(C(=O)NCC(O)(c2ccccc2)C(F)(F)F)CC1. The third-order valence-electron chi connectivity index (χ3n) is 3.47. The summed E-state index contributed by atoms with van der Waals surface area (Å²) in [6, 6.07) is 6.64. The normalized spacial score (nSPS) is 20.1. The Balaban J connectivity index is 2.18. The number of amides is 1. The highest BCUT2D eigenvalue weighted by atomic mass is 19.4. The number of hydrogen-bond donors (Lipinski definition) is 3. The number of halogens is 3. The number of carbonyl (C=O) groups is 1. The molecule has 1 aromatic rings. The zero-order valence-electron chi connectivity index (χ0n) is 10.6. The molecule has 0 saturated heterocycles. The maximum Gasteiger partial charge on any atom is 0.423 e. The third kappa shape index (κ3) is 2.64. The molecule has 0 radical (unpaired) electrons. The molecular formula is C13H15F3N2O2. The van der Waals surface area contributed by atoms with Gasteiger partial charge in [0, 0.05) is 0 Å². The highest BCUT2D eigenvalue weighted by Gasteiger charge is 2.56. The van der Waals surface area contributed by atoms with E-state index in [0.717, 1.165) is 12.1 Å². The van der Waals surface area contributed by atoms with Crippen molar-refractivity contribution in [2.45, 2.75) is 30.2 Å². The van der Waals surface area contributed by atoms with Crippen LogP contribution in [0.5, 0.6) is 0 Å². The van der Waals surface area contributed by atoms with Crippen molar-refractivity contribution in [3.8, 4) is 0 Å². The summed E-state index contributed by atoms with van der Waals surface area (Å²) in [4.78, 5) is 11.6. The molecule has 2 rings (SSSR count). The van der Waals surface area contributed by atoms with E-state index in [1.54, 1.807) is 0 Å². The minimum atomic E-state index is -4.91. The predicted octanol–water partition coefficient (Wildman–Crippen LogP) is 1.04. The van der Waals surface area contributed by atoms with Crippen LogP contribution < -0.4 is 11.1 Å². The highest BCUT2D eigenvalue weighted by Crippen LogP contribution is 2.39. The standard InChI is InChI=1S/C13H15F3N2O2/c14-13(15,16)12(20,9-4-2-1-3-5-9)8-18-10(19)11(17)6-7-11/h1-5,20H,6-8,17H2,(H,18,19). The highest BCUT2D eigenvalue weighted by molar-refractivity contribution is 5.89. The van der Waals surface area contributed by atoms with E-state index in [0.29, 0.717) is 12.8 Å². The van der Waals surface area contributed by atoms with E-state index in [9.17, 15) is 23.1 Å². The summed E-state index contributed by atoms with van der Waals surface area (Å²) in [6.45, 7) is -0.960. The number of benzene rings is 1. The molecule has 1 saturated carbocycles. The third-order valence-corrected chi connectivity index (χ3v) is 3.47. The van der Waals surface area contributed by atoms with Crippen molar-refractivity contribution in [1.29, 1.82) is 0 Å². The molecule has 1 amide bonds. The molecule has 20 heavy (non-hydrogen) atoms. The molecule has 1 aliphatic rings. The predicted molar refractivity (Wildman–Crippen MR) is 65.6 cm³/mol. The van der Waals surface area contributed by atoms with Gasteiger partial charge in [0.1, 0.15) is 0 Å². The molecule has 7 heteroatoms. The van der Waals surface area contributed by atoms with Gasteiger partial charge in [0.2, 0.25) is 11.5 Å². The van der Waals surface area contributed by atoms with Crippen molar-refractivity contribution in [2.24, 2.45) is 5.73 Å². The first-order valence-corrected chi connectivity index (χ1v) is 6.11. The number of rotatable bonds is 4.